The van der Waals surface area contributed by atoms with Crippen LogP contribution >= 0.6 is 11.3 Å². The zero-order valence-electron chi connectivity index (χ0n) is 17.6. The molecule has 0 spiro atoms. The first-order valence-electron chi connectivity index (χ1n) is 10.5. The third-order valence-electron chi connectivity index (χ3n) is 4.79. The number of aliphatic hydroxyl groups excluding tert-OH is 2. The number of ether oxygens (including phenoxy) is 2. The van der Waals surface area contributed by atoms with Crippen LogP contribution in [0.2, 0.25) is 0 Å². The SMILES string of the molecule is O[C@H](CN=c1sc2ccccc2n1C[C@H](O)COc1ccccc1)COc1ccccc1. The Kier molecular flexibility index (Phi) is 7.55. The third kappa shape index (κ3) is 5.97. The van der Waals surface area contributed by atoms with E-state index in [1.165, 1.54) is 11.3 Å². The molecule has 2 N–H and O–H groups in total. The highest BCUT2D eigenvalue weighted by Gasteiger charge is 2.13. The number of nitrogens with zero attached hydrogens (tertiary/aromatic N) is 2. The summed E-state index contributed by atoms with van der Waals surface area (Å²) in [5.74, 6) is 1.43. The summed E-state index contributed by atoms with van der Waals surface area (Å²) in [7, 11) is 0. The maximum Gasteiger partial charge on any atom is 0.185 e. The van der Waals surface area contributed by atoms with Crippen molar-refractivity contribution in [2.75, 3.05) is 19.8 Å². The van der Waals surface area contributed by atoms with Crippen LogP contribution in [0.25, 0.3) is 10.2 Å². The molecule has 0 aliphatic rings. The van der Waals surface area contributed by atoms with Gasteiger partial charge in [0.25, 0.3) is 0 Å². The number of para-hydroxylation sites is 3. The minimum Gasteiger partial charge on any atom is -0.491 e. The zero-order valence-corrected chi connectivity index (χ0v) is 18.4. The monoisotopic (exact) mass is 450 g/mol. The van der Waals surface area contributed by atoms with Crippen molar-refractivity contribution >= 4 is 21.6 Å². The first kappa shape index (κ1) is 22.1. The second-order valence-corrected chi connectivity index (χ2v) is 8.37. The quantitative estimate of drug-likeness (QED) is 0.388. The second-order valence-electron chi connectivity index (χ2n) is 7.36. The summed E-state index contributed by atoms with van der Waals surface area (Å²) >= 11 is 1.53. The van der Waals surface area contributed by atoms with Crippen LogP contribution < -0.4 is 14.3 Å². The fraction of sp³-hybridized carbons (Fsp3) is 0.240. The zero-order chi connectivity index (χ0) is 22.2. The van der Waals surface area contributed by atoms with Crippen LogP contribution in [-0.4, -0.2) is 46.7 Å². The lowest BCUT2D eigenvalue weighted by Crippen LogP contribution is -2.29. The van der Waals surface area contributed by atoms with E-state index in [0.29, 0.717) is 12.3 Å². The van der Waals surface area contributed by atoms with E-state index < -0.39 is 12.2 Å². The van der Waals surface area contributed by atoms with Crippen LogP contribution in [0, 0.1) is 0 Å². The molecule has 4 aromatic rings. The largest absolute Gasteiger partial charge is 0.491 e. The number of aliphatic hydroxyl groups is 2. The summed E-state index contributed by atoms with van der Waals surface area (Å²) in [6.45, 7) is 0.878. The van der Waals surface area contributed by atoms with Crippen LogP contribution in [0.3, 0.4) is 0 Å². The van der Waals surface area contributed by atoms with Gasteiger partial charge in [0.15, 0.2) is 4.80 Å². The molecule has 0 radical (unpaired) electrons. The van der Waals surface area contributed by atoms with Crippen molar-refractivity contribution in [2.45, 2.75) is 18.8 Å². The van der Waals surface area contributed by atoms with E-state index in [4.69, 9.17) is 9.47 Å². The number of hydrogen-bond donors (Lipinski definition) is 2. The van der Waals surface area contributed by atoms with E-state index in [-0.39, 0.29) is 19.8 Å². The molecule has 7 heteroatoms. The lowest BCUT2D eigenvalue weighted by atomic mass is 10.3. The normalized spacial score (nSPS) is 13.8. The second kappa shape index (κ2) is 10.9. The molecular weight excluding hydrogens is 424 g/mol. The third-order valence-corrected chi connectivity index (χ3v) is 5.89. The molecule has 32 heavy (non-hydrogen) atoms. The van der Waals surface area contributed by atoms with Crippen LogP contribution in [0.15, 0.2) is 89.9 Å². The van der Waals surface area contributed by atoms with Gasteiger partial charge in [-0.15, -0.1) is 0 Å². The molecule has 2 atom stereocenters. The molecule has 3 aromatic carbocycles. The standard InChI is InChI=1S/C25H26N2O4S/c28-19(17-30-21-9-3-1-4-10-21)15-26-25-27(23-13-7-8-14-24(23)32-25)16-20(29)18-31-22-11-5-2-6-12-22/h1-14,19-20,28-29H,15-18H2/t19-,20+/m1/s1. The summed E-state index contributed by atoms with van der Waals surface area (Å²) < 4.78 is 14.4. The van der Waals surface area contributed by atoms with Crippen molar-refractivity contribution in [3.63, 3.8) is 0 Å². The molecule has 0 bridgehead atoms. The summed E-state index contributed by atoms with van der Waals surface area (Å²) in [6.07, 6.45) is -1.45. The van der Waals surface area contributed by atoms with Gasteiger partial charge in [0.1, 0.15) is 36.9 Å². The van der Waals surface area contributed by atoms with Crippen LogP contribution in [0.5, 0.6) is 11.5 Å². The predicted molar refractivity (Wildman–Crippen MR) is 126 cm³/mol. The highest BCUT2D eigenvalue weighted by Crippen LogP contribution is 2.17. The number of thiazole rings is 1. The van der Waals surface area contributed by atoms with E-state index in [1.54, 1.807) is 0 Å². The number of fused-ring (bicyclic) bond motifs is 1. The molecule has 0 aliphatic carbocycles. The molecule has 6 nitrogen and oxygen atoms in total. The van der Waals surface area contributed by atoms with E-state index in [2.05, 4.69) is 4.99 Å². The first-order chi connectivity index (χ1) is 15.7. The topological polar surface area (TPSA) is 76.2 Å². The van der Waals surface area contributed by atoms with E-state index >= 15 is 0 Å². The summed E-state index contributed by atoms with van der Waals surface area (Å²) in [5.41, 5.74) is 0.991. The van der Waals surface area contributed by atoms with Gasteiger partial charge in [0, 0.05) is 0 Å². The fourth-order valence-electron chi connectivity index (χ4n) is 3.23. The Bertz CT molecular complexity index is 1170. The average molecular weight is 451 g/mol. The van der Waals surface area contributed by atoms with Gasteiger partial charge in [0.05, 0.1) is 23.3 Å². The lowest BCUT2D eigenvalue weighted by molar-refractivity contribution is 0.0925. The van der Waals surface area contributed by atoms with Crippen molar-refractivity contribution < 1.29 is 19.7 Å². The van der Waals surface area contributed by atoms with Gasteiger partial charge in [0.2, 0.25) is 0 Å². The van der Waals surface area contributed by atoms with Crippen molar-refractivity contribution in [3.8, 4) is 11.5 Å². The molecule has 166 valence electrons. The van der Waals surface area contributed by atoms with Crippen molar-refractivity contribution in [1.82, 2.24) is 4.57 Å². The summed E-state index contributed by atoms with van der Waals surface area (Å²) in [6, 6.07) is 26.8. The molecular formula is C25H26N2O4S. The lowest BCUT2D eigenvalue weighted by Gasteiger charge is -2.14. The van der Waals surface area contributed by atoms with Gasteiger partial charge in [-0.25, -0.2) is 0 Å². The highest BCUT2D eigenvalue weighted by molar-refractivity contribution is 7.16. The highest BCUT2D eigenvalue weighted by atomic mass is 32.1. The molecule has 0 unspecified atom stereocenters. The van der Waals surface area contributed by atoms with Gasteiger partial charge in [-0.1, -0.05) is 59.9 Å². The molecule has 0 amide bonds. The Balaban J connectivity index is 1.44. The maximum atomic E-state index is 10.6. The van der Waals surface area contributed by atoms with Crippen molar-refractivity contribution in [2.24, 2.45) is 4.99 Å². The Morgan fingerprint density at radius 2 is 1.31 bits per heavy atom. The fourth-order valence-corrected chi connectivity index (χ4v) is 4.28. The first-order valence-corrected chi connectivity index (χ1v) is 11.3. The Labute approximate surface area is 190 Å². The van der Waals surface area contributed by atoms with Crippen molar-refractivity contribution in [1.29, 1.82) is 0 Å². The number of hydrogen-bond acceptors (Lipinski definition) is 6. The van der Waals surface area contributed by atoms with E-state index in [9.17, 15) is 10.2 Å². The van der Waals surface area contributed by atoms with Gasteiger partial charge in [-0.3, -0.25) is 4.99 Å². The predicted octanol–water partition coefficient (Wildman–Crippen LogP) is 3.48. The van der Waals surface area contributed by atoms with Gasteiger partial charge in [-0.2, -0.15) is 0 Å². The Morgan fingerprint density at radius 3 is 1.97 bits per heavy atom. The number of aromatic nitrogens is 1. The molecule has 4 rings (SSSR count). The van der Waals surface area contributed by atoms with Gasteiger partial charge < -0.3 is 24.3 Å². The molecule has 0 saturated carbocycles. The molecule has 1 heterocycles. The minimum atomic E-state index is -0.736. The van der Waals surface area contributed by atoms with Crippen LogP contribution in [0.1, 0.15) is 0 Å². The summed E-state index contributed by atoms with van der Waals surface area (Å²) in [5, 5.41) is 20.9. The maximum absolute atomic E-state index is 10.6. The molecule has 1 aromatic heterocycles. The average Bonchev–Trinajstić information content (AvgIpc) is 3.18. The summed E-state index contributed by atoms with van der Waals surface area (Å²) in [4.78, 5) is 5.37. The van der Waals surface area contributed by atoms with Crippen LogP contribution in [-0.2, 0) is 6.54 Å². The number of rotatable bonds is 10. The number of benzene rings is 3. The molecule has 0 fully saturated rings. The smallest absolute Gasteiger partial charge is 0.185 e. The molecule has 0 saturated heterocycles. The van der Waals surface area contributed by atoms with E-state index in [0.717, 1.165) is 20.8 Å². The van der Waals surface area contributed by atoms with E-state index in [1.807, 2.05) is 89.5 Å². The minimum absolute atomic E-state index is 0.159. The van der Waals surface area contributed by atoms with Gasteiger partial charge >= 0.3 is 0 Å². The van der Waals surface area contributed by atoms with Gasteiger partial charge in [-0.05, 0) is 36.4 Å². The van der Waals surface area contributed by atoms with Crippen LogP contribution in [0.4, 0.5) is 0 Å². The van der Waals surface area contributed by atoms with Crippen molar-refractivity contribution in [3.05, 3.63) is 89.7 Å². The Morgan fingerprint density at radius 1 is 0.750 bits per heavy atom. The molecule has 0 aliphatic heterocycles. The Hall–Kier alpha value is -3.13.